The van der Waals surface area contributed by atoms with Crippen LogP contribution in [0.5, 0.6) is 11.5 Å². The van der Waals surface area contributed by atoms with E-state index in [-0.39, 0.29) is 17.7 Å². The fourth-order valence-electron chi connectivity index (χ4n) is 9.14. The Morgan fingerprint density at radius 1 is 0.796 bits per heavy atom. The summed E-state index contributed by atoms with van der Waals surface area (Å²) in [6, 6.07) is 31.2. The molecule has 1 unspecified atom stereocenters. The number of fused-ring (bicyclic) bond motifs is 2. The Morgan fingerprint density at radius 3 is 2.48 bits per heavy atom. The second-order valence-corrected chi connectivity index (χ2v) is 15.5. The first kappa shape index (κ1) is 35.9. The number of anilines is 1. The van der Waals surface area contributed by atoms with Crippen molar-refractivity contribution in [3.05, 3.63) is 137 Å². The van der Waals surface area contributed by atoms with Crippen LogP contribution in [0.1, 0.15) is 95.0 Å². The van der Waals surface area contributed by atoms with Crippen LogP contribution < -0.4 is 15.0 Å². The third kappa shape index (κ3) is 7.76. The van der Waals surface area contributed by atoms with Gasteiger partial charge in [0.05, 0.1) is 6.61 Å². The van der Waals surface area contributed by atoms with Gasteiger partial charge >= 0.3 is 0 Å². The van der Waals surface area contributed by atoms with Crippen LogP contribution in [0, 0.1) is 0 Å². The molecule has 8 heteroatoms. The van der Waals surface area contributed by atoms with Crippen molar-refractivity contribution in [1.82, 2.24) is 15.1 Å². The molecule has 0 saturated carbocycles. The first-order valence-electron chi connectivity index (χ1n) is 19.9. The number of hydrogen-bond acceptors (Lipinski definition) is 6. The summed E-state index contributed by atoms with van der Waals surface area (Å²) in [6.45, 7) is 10.2. The molecule has 3 heterocycles. The first-order valence-corrected chi connectivity index (χ1v) is 19.9. The number of benzene rings is 4. The van der Waals surface area contributed by atoms with E-state index >= 15 is 0 Å². The van der Waals surface area contributed by atoms with Gasteiger partial charge in [-0.3, -0.25) is 9.59 Å². The van der Waals surface area contributed by atoms with Crippen LogP contribution in [0.4, 0.5) is 5.69 Å². The molecular formula is C46H52N4O4. The van der Waals surface area contributed by atoms with Crippen molar-refractivity contribution in [1.29, 1.82) is 0 Å². The number of hydrogen-bond donors (Lipinski definition) is 2. The zero-order valence-corrected chi connectivity index (χ0v) is 31.2. The van der Waals surface area contributed by atoms with Crippen LogP contribution in [0.2, 0.25) is 0 Å². The van der Waals surface area contributed by atoms with E-state index in [1.54, 1.807) is 4.90 Å². The summed E-state index contributed by atoms with van der Waals surface area (Å²) in [4.78, 5) is 32.6. The van der Waals surface area contributed by atoms with Gasteiger partial charge in [0.1, 0.15) is 17.5 Å². The van der Waals surface area contributed by atoms with E-state index in [4.69, 9.17) is 4.74 Å². The quantitative estimate of drug-likeness (QED) is 0.154. The van der Waals surface area contributed by atoms with Gasteiger partial charge in [-0.15, -0.1) is 0 Å². The number of aromatic hydroxyl groups is 1. The fraction of sp³-hybridized carbons (Fsp3) is 0.391. The first-order chi connectivity index (χ1) is 26.4. The number of phenolic OH excluding ortho intramolecular Hbond substituents is 1. The van der Waals surface area contributed by atoms with Gasteiger partial charge in [0.25, 0.3) is 5.91 Å². The predicted octanol–water partition coefficient (Wildman–Crippen LogP) is 7.76. The Balaban J connectivity index is 0.786. The maximum atomic E-state index is 13.2. The standard InChI is InChI=1S/C46H52N4O4/c1-32-11-22-43(45(52)47-32)50-31-36-29-37(15-20-42(36)46(50)53)49-25-8-24-48(26-27-49)23-6-3-7-28-54-39-17-12-34(13-18-39)44-40(33-9-4-2-5-10-33)19-14-35-30-38(51)16-21-41(35)44/h2,4-5,9-10,12-13,15-18,20-21,29-30,40,43-44,51H,1,3,6-8,11,14,19,22-28,31H2,(H,47,52)/t40-,43?,44+/m1/s1. The van der Waals surface area contributed by atoms with E-state index in [9.17, 15) is 14.7 Å². The van der Waals surface area contributed by atoms with E-state index in [0.717, 1.165) is 99.5 Å². The monoisotopic (exact) mass is 724 g/mol. The predicted molar refractivity (Wildman–Crippen MR) is 213 cm³/mol. The third-order valence-corrected chi connectivity index (χ3v) is 12.0. The molecule has 1 aliphatic carbocycles. The van der Waals surface area contributed by atoms with Crippen molar-refractivity contribution in [2.75, 3.05) is 44.2 Å². The molecule has 4 aliphatic rings. The molecule has 8 rings (SSSR count). The number of allylic oxidation sites excluding steroid dienone is 1. The largest absolute Gasteiger partial charge is 0.508 e. The van der Waals surface area contributed by atoms with Crippen molar-refractivity contribution < 1.29 is 19.4 Å². The molecule has 4 aromatic rings. The smallest absolute Gasteiger partial charge is 0.255 e. The number of ether oxygens (including phenoxy) is 1. The number of rotatable bonds is 11. The van der Waals surface area contributed by atoms with Gasteiger partial charge in [-0.25, -0.2) is 0 Å². The second kappa shape index (κ2) is 16.1. The van der Waals surface area contributed by atoms with Crippen molar-refractivity contribution in [2.24, 2.45) is 0 Å². The van der Waals surface area contributed by atoms with Gasteiger partial charge in [0.2, 0.25) is 5.91 Å². The summed E-state index contributed by atoms with van der Waals surface area (Å²) in [5, 5.41) is 13.0. The highest BCUT2D eigenvalue weighted by atomic mass is 16.5. The molecule has 54 heavy (non-hydrogen) atoms. The molecule has 2 N–H and O–H groups in total. The van der Waals surface area contributed by atoms with Gasteiger partial charge in [-0.2, -0.15) is 0 Å². The lowest BCUT2D eigenvalue weighted by Gasteiger charge is -2.34. The summed E-state index contributed by atoms with van der Waals surface area (Å²) < 4.78 is 6.21. The fourth-order valence-corrected chi connectivity index (χ4v) is 9.14. The highest BCUT2D eigenvalue weighted by molar-refractivity contribution is 6.01. The van der Waals surface area contributed by atoms with Gasteiger partial charge in [-0.05, 0) is 141 Å². The number of nitrogens with zero attached hydrogens (tertiary/aromatic N) is 3. The van der Waals surface area contributed by atoms with E-state index in [2.05, 4.69) is 94.5 Å². The Bertz CT molecular complexity index is 1980. The summed E-state index contributed by atoms with van der Waals surface area (Å²) in [5.41, 5.74) is 8.84. The van der Waals surface area contributed by atoms with E-state index < -0.39 is 6.04 Å². The molecule has 280 valence electrons. The van der Waals surface area contributed by atoms with Crippen LogP contribution in [0.3, 0.4) is 0 Å². The topological polar surface area (TPSA) is 85.4 Å². The van der Waals surface area contributed by atoms with Crippen molar-refractivity contribution in [3.63, 3.8) is 0 Å². The van der Waals surface area contributed by atoms with E-state index in [0.29, 0.717) is 37.7 Å². The molecule has 3 atom stereocenters. The average molecular weight is 725 g/mol. The molecule has 0 bridgehead atoms. The van der Waals surface area contributed by atoms with Gasteiger partial charge in [0, 0.05) is 49.0 Å². The second-order valence-electron chi connectivity index (χ2n) is 15.5. The van der Waals surface area contributed by atoms with Crippen LogP contribution in [0.25, 0.3) is 0 Å². The number of nitrogens with one attached hydrogen (secondary N) is 1. The van der Waals surface area contributed by atoms with Gasteiger partial charge in [0.15, 0.2) is 0 Å². The molecule has 3 aliphatic heterocycles. The molecule has 2 saturated heterocycles. The number of carbonyl (C=O) groups is 2. The lowest BCUT2D eigenvalue weighted by Crippen LogP contribution is -2.49. The maximum absolute atomic E-state index is 13.2. The molecule has 0 radical (unpaired) electrons. The number of amides is 2. The van der Waals surface area contributed by atoms with Gasteiger partial charge < -0.3 is 29.9 Å². The van der Waals surface area contributed by atoms with Crippen molar-refractivity contribution in [2.45, 2.75) is 75.8 Å². The Kier molecular flexibility index (Phi) is 10.7. The zero-order chi connectivity index (χ0) is 37.0. The number of unbranched alkanes of at least 4 members (excludes halogenated alkanes) is 2. The minimum absolute atomic E-state index is 0.0453. The van der Waals surface area contributed by atoms with Crippen LogP contribution in [-0.2, 0) is 17.8 Å². The highest BCUT2D eigenvalue weighted by Crippen LogP contribution is 2.47. The average Bonchev–Trinajstić information content (AvgIpc) is 3.33. The molecule has 0 aromatic heterocycles. The van der Waals surface area contributed by atoms with Gasteiger partial charge in [-0.1, -0.05) is 55.1 Å². The SMILES string of the molecule is C=C1CCC(N2Cc3cc(N4CCCN(CCCCCOc5ccc([C@@H]6c7ccc(O)cc7CC[C@@H]6c6ccccc6)cc5)CC4)ccc3C2=O)C(=O)N1. The van der Waals surface area contributed by atoms with Crippen molar-refractivity contribution >= 4 is 17.5 Å². The molecule has 2 amide bonds. The minimum Gasteiger partial charge on any atom is -0.508 e. The molecule has 8 nitrogen and oxygen atoms in total. The van der Waals surface area contributed by atoms with Crippen LogP contribution in [-0.4, -0.2) is 72.1 Å². The lowest BCUT2D eigenvalue weighted by molar-refractivity contribution is -0.126. The van der Waals surface area contributed by atoms with E-state index in [1.165, 1.54) is 22.3 Å². The van der Waals surface area contributed by atoms with E-state index in [1.807, 2.05) is 18.2 Å². The maximum Gasteiger partial charge on any atom is 0.255 e. The molecular weight excluding hydrogens is 673 g/mol. The Labute approximate surface area is 319 Å². The minimum atomic E-state index is -0.430. The molecule has 0 spiro atoms. The number of phenols is 1. The summed E-state index contributed by atoms with van der Waals surface area (Å²) in [6.07, 6.45) is 7.77. The number of aryl methyl sites for hydroxylation is 1. The summed E-state index contributed by atoms with van der Waals surface area (Å²) in [5.74, 6) is 1.71. The number of piperidine rings is 1. The Hall–Kier alpha value is -5.08. The number of carbonyl (C=O) groups excluding carboxylic acids is 2. The van der Waals surface area contributed by atoms with Crippen LogP contribution in [0.15, 0.2) is 103 Å². The normalized spacial score (nSPS) is 21.7. The van der Waals surface area contributed by atoms with Crippen LogP contribution >= 0.6 is 0 Å². The van der Waals surface area contributed by atoms with Crippen molar-refractivity contribution in [3.8, 4) is 11.5 Å². The zero-order valence-electron chi connectivity index (χ0n) is 31.2. The highest BCUT2D eigenvalue weighted by Gasteiger charge is 2.38. The molecule has 2 fully saturated rings. The third-order valence-electron chi connectivity index (χ3n) is 12.0. The Morgan fingerprint density at radius 2 is 1.65 bits per heavy atom. The summed E-state index contributed by atoms with van der Waals surface area (Å²) >= 11 is 0. The molecule has 4 aromatic carbocycles. The summed E-state index contributed by atoms with van der Waals surface area (Å²) in [7, 11) is 0. The lowest BCUT2D eigenvalue weighted by atomic mass is 9.69.